The Labute approximate surface area is 161 Å². The van der Waals surface area contributed by atoms with Crippen LogP contribution in [0, 0.1) is 5.82 Å². The molecule has 4 rings (SSSR count). The van der Waals surface area contributed by atoms with E-state index in [1.807, 2.05) is 6.26 Å². The van der Waals surface area contributed by atoms with E-state index < -0.39 is 11.4 Å². The van der Waals surface area contributed by atoms with Crippen molar-refractivity contribution < 1.29 is 4.39 Å². The number of hydrogen-bond donors (Lipinski definition) is 3. The number of H-pyrrole nitrogens is 2. The number of fused-ring (bicyclic) bond motifs is 1. The van der Waals surface area contributed by atoms with Gasteiger partial charge in [-0.25, -0.2) is 14.4 Å². The molecule has 0 atom stereocenters. The van der Waals surface area contributed by atoms with Gasteiger partial charge in [0.1, 0.15) is 18.0 Å². The molecule has 1 aromatic carbocycles. The third-order valence-electron chi connectivity index (χ3n) is 3.93. The number of aromatic nitrogens is 5. The van der Waals surface area contributed by atoms with E-state index in [-0.39, 0.29) is 11.1 Å². The first-order chi connectivity index (χ1) is 13.1. The largest absolute Gasteiger partial charge is 0.337 e. The predicted molar refractivity (Wildman–Crippen MR) is 104 cm³/mol. The van der Waals surface area contributed by atoms with Gasteiger partial charge in [-0.05, 0) is 30.5 Å². The minimum atomic E-state index is -0.535. The first-order valence-corrected chi connectivity index (χ1v) is 9.35. The first kappa shape index (κ1) is 17.5. The molecule has 3 heterocycles. The summed E-state index contributed by atoms with van der Waals surface area (Å²) in [4.78, 5) is 23.6. The fraction of sp³-hybridized carbons (Fsp3) is 0.0588. The molecular weight excluding hydrogens is 391 g/mol. The van der Waals surface area contributed by atoms with Crippen molar-refractivity contribution in [3.63, 3.8) is 0 Å². The maximum absolute atomic E-state index is 14.3. The summed E-state index contributed by atoms with van der Waals surface area (Å²) in [7, 11) is 0. The SMILES string of the molecule is CSc1[nH]c(=O)c(-c2cc(Cl)ccc2F)cc1Nc1ncnc2[nH]ncc12. The molecule has 0 unspecified atom stereocenters. The van der Waals surface area contributed by atoms with Crippen LogP contribution in [0.4, 0.5) is 15.9 Å². The highest BCUT2D eigenvalue weighted by molar-refractivity contribution is 7.98. The standard InChI is InChI=1S/C17H12ClFN6OS/c1-27-17-13(23-14-11-6-22-25-15(11)21-7-20-14)5-10(16(26)24-17)9-4-8(18)2-3-12(9)19/h2-7H,1H3,(H,24,26)(H2,20,21,22,23,25). The highest BCUT2D eigenvalue weighted by Crippen LogP contribution is 2.31. The Morgan fingerprint density at radius 3 is 2.89 bits per heavy atom. The normalized spacial score (nSPS) is 11.1. The topological polar surface area (TPSA) is 99.4 Å². The molecule has 7 nitrogen and oxygen atoms in total. The van der Waals surface area contributed by atoms with Crippen LogP contribution in [-0.4, -0.2) is 31.4 Å². The Hall–Kier alpha value is -2.91. The Morgan fingerprint density at radius 2 is 2.07 bits per heavy atom. The molecular formula is C17H12ClFN6OS. The average Bonchev–Trinajstić information content (AvgIpc) is 3.15. The molecule has 0 saturated carbocycles. The Bertz CT molecular complexity index is 1210. The molecule has 0 aliphatic rings. The molecule has 3 aromatic heterocycles. The van der Waals surface area contributed by atoms with E-state index in [2.05, 4.69) is 30.5 Å². The van der Waals surface area contributed by atoms with Gasteiger partial charge >= 0.3 is 0 Å². The van der Waals surface area contributed by atoms with Crippen molar-refractivity contribution in [2.45, 2.75) is 5.03 Å². The van der Waals surface area contributed by atoms with Crippen LogP contribution >= 0.6 is 23.4 Å². The van der Waals surface area contributed by atoms with Crippen LogP contribution < -0.4 is 10.9 Å². The summed E-state index contributed by atoms with van der Waals surface area (Å²) in [6.45, 7) is 0. The van der Waals surface area contributed by atoms with Crippen LogP contribution in [0.3, 0.4) is 0 Å². The summed E-state index contributed by atoms with van der Waals surface area (Å²) in [5.74, 6) is -0.0272. The summed E-state index contributed by atoms with van der Waals surface area (Å²) in [5, 5.41) is 11.5. The summed E-state index contributed by atoms with van der Waals surface area (Å²) in [6, 6.07) is 5.66. The number of nitrogens with zero attached hydrogens (tertiary/aromatic N) is 3. The van der Waals surface area contributed by atoms with Crippen molar-refractivity contribution in [3.05, 3.63) is 58.0 Å². The summed E-state index contributed by atoms with van der Waals surface area (Å²) >= 11 is 7.32. The van der Waals surface area contributed by atoms with E-state index in [9.17, 15) is 9.18 Å². The molecule has 10 heteroatoms. The molecule has 0 fully saturated rings. The van der Waals surface area contributed by atoms with Gasteiger partial charge in [-0.2, -0.15) is 5.10 Å². The summed E-state index contributed by atoms with van der Waals surface area (Å²) in [5.41, 5.74) is 1.01. The zero-order valence-electron chi connectivity index (χ0n) is 13.9. The lowest BCUT2D eigenvalue weighted by atomic mass is 10.1. The number of nitrogens with one attached hydrogen (secondary N) is 3. The van der Waals surface area contributed by atoms with Gasteiger partial charge in [0.05, 0.1) is 27.9 Å². The van der Waals surface area contributed by atoms with Gasteiger partial charge in [-0.15, -0.1) is 11.8 Å². The number of benzene rings is 1. The van der Waals surface area contributed by atoms with Crippen LogP contribution in [0.5, 0.6) is 0 Å². The lowest BCUT2D eigenvalue weighted by molar-refractivity contribution is 0.631. The van der Waals surface area contributed by atoms with E-state index in [1.54, 1.807) is 12.3 Å². The Balaban J connectivity index is 1.86. The van der Waals surface area contributed by atoms with E-state index in [0.717, 1.165) is 0 Å². The van der Waals surface area contributed by atoms with Crippen LogP contribution in [-0.2, 0) is 0 Å². The molecule has 0 saturated heterocycles. The Kier molecular flexibility index (Phi) is 4.54. The second-order valence-corrected chi connectivity index (χ2v) is 6.82. The molecule has 27 heavy (non-hydrogen) atoms. The van der Waals surface area contributed by atoms with E-state index >= 15 is 0 Å². The monoisotopic (exact) mass is 402 g/mol. The van der Waals surface area contributed by atoms with Gasteiger partial charge in [-0.1, -0.05) is 11.6 Å². The van der Waals surface area contributed by atoms with Crippen molar-refractivity contribution in [3.8, 4) is 11.1 Å². The van der Waals surface area contributed by atoms with Gasteiger partial charge in [0, 0.05) is 10.6 Å². The van der Waals surface area contributed by atoms with Gasteiger partial charge in [0.15, 0.2) is 5.65 Å². The molecule has 0 bridgehead atoms. The third-order valence-corrected chi connectivity index (χ3v) is 4.89. The maximum atomic E-state index is 14.3. The molecule has 0 radical (unpaired) electrons. The van der Waals surface area contributed by atoms with Crippen LogP contribution in [0.25, 0.3) is 22.2 Å². The number of pyridine rings is 1. The highest BCUT2D eigenvalue weighted by Gasteiger charge is 2.15. The third kappa shape index (κ3) is 3.26. The van der Waals surface area contributed by atoms with Crippen molar-refractivity contribution in [2.75, 3.05) is 11.6 Å². The lowest BCUT2D eigenvalue weighted by Crippen LogP contribution is -2.12. The van der Waals surface area contributed by atoms with E-state index in [1.165, 1.54) is 36.3 Å². The molecule has 136 valence electrons. The molecule has 4 aromatic rings. The van der Waals surface area contributed by atoms with Gasteiger partial charge in [0.2, 0.25) is 0 Å². The maximum Gasteiger partial charge on any atom is 0.256 e. The lowest BCUT2D eigenvalue weighted by Gasteiger charge is -2.12. The second kappa shape index (κ2) is 7.01. The van der Waals surface area contributed by atoms with Crippen molar-refractivity contribution >= 4 is 45.9 Å². The van der Waals surface area contributed by atoms with Crippen LogP contribution in [0.15, 0.2) is 46.6 Å². The number of aromatic amines is 2. The number of hydrogen-bond acceptors (Lipinski definition) is 6. The molecule has 0 aliphatic heterocycles. The van der Waals surface area contributed by atoms with Gasteiger partial charge in [-0.3, -0.25) is 9.89 Å². The van der Waals surface area contributed by atoms with Crippen LogP contribution in [0.2, 0.25) is 5.02 Å². The number of anilines is 2. The number of thioether (sulfide) groups is 1. The zero-order chi connectivity index (χ0) is 19.0. The van der Waals surface area contributed by atoms with Gasteiger partial charge in [0.25, 0.3) is 5.56 Å². The molecule has 0 amide bonds. The quantitative estimate of drug-likeness (QED) is 0.447. The number of rotatable bonds is 4. The number of halogens is 2. The van der Waals surface area contributed by atoms with E-state index in [4.69, 9.17) is 11.6 Å². The second-order valence-electron chi connectivity index (χ2n) is 5.56. The zero-order valence-corrected chi connectivity index (χ0v) is 15.5. The fourth-order valence-electron chi connectivity index (χ4n) is 2.66. The smallest absolute Gasteiger partial charge is 0.256 e. The molecule has 0 spiro atoms. The highest BCUT2D eigenvalue weighted by atomic mass is 35.5. The summed E-state index contributed by atoms with van der Waals surface area (Å²) in [6.07, 6.45) is 4.81. The minimum absolute atomic E-state index is 0.121. The van der Waals surface area contributed by atoms with Crippen LogP contribution in [0.1, 0.15) is 0 Å². The predicted octanol–water partition coefficient (Wildman–Crippen LogP) is 3.97. The van der Waals surface area contributed by atoms with Crippen molar-refractivity contribution in [1.29, 1.82) is 0 Å². The summed E-state index contributed by atoms with van der Waals surface area (Å²) < 4.78 is 14.3. The van der Waals surface area contributed by atoms with Gasteiger partial charge < -0.3 is 10.3 Å². The van der Waals surface area contributed by atoms with Crippen molar-refractivity contribution in [1.82, 2.24) is 25.1 Å². The fourth-order valence-corrected chi connectivity index (χ4v) is 3.36. The van der Waals surface area contributed by atoms with E-state index in [0.29, 0.717) is 32.6 Å². The molecule has 3 N–H and O–H groups in total. The molecule has 0 aliphatic carbocycles. The Morgan fingerprint density at radius 1 is 1.22 bits per heavy atom. The minimum Gasteiger partial charge on any atom is -0.337 e. The average molecular weight is 403 g/mol. The first-order valence-electron chi connectivity index (χ1n) is 7.74. The van der Waals surface area contributed by atoms with Crippen molar-refractivity contribution in [2.24, 2.45) is 0 Å².